The number of hydrogen-bond acceptors (Lipinski definition) is 6. The van der Waals surface area contributed by atoms with Gasteiger partial charge in [0.25, 0.3) is 0 Å². The Morgan fingerprint density at radius 2 is 2.04 bits per heavy atom. The van der Waals surface area contributed by atoms with Crippen LogP contribution in [-0.2, 0) is 4.79 Å². The van der Waals surface area contributed by atoms with Crippen LogP contribution in [0.4, 0.5) is 5.69 Å². The van der Waals surface area contributed by atoms with Crippen LogP contribution in [0.3, 0.4) is 0 Å². The van der Waals surface area contributed by atoms with Gasteiger partial charge in [-0.05, 0) is 38.6 Å². The molecular weight excluding hydrogens is 328 g/mol. The normalized spacial score (nSPS) is 20.2. The van der Waals surface area contributed by atoms with Gasteiger partial charge < -0.3 is 15.1 Å². The minimum atomic E-state index is 0.0403. The summed E-state index contributed by atoms with van der Waals surface area (Å²) in [5, 5.41) is 12.4. The second-order valence-electron chi connectivity index (χ2n) is 7.25. The molecule has 2 atom stereocenters. The smallest absolute Gasteiger partial charge is 0.234 e. The largest absolute Gasteiger partial charge is 0.367 e. The third-order valence-corrected chi connectivity index (χ3v) is 4.55. The molecule has 3 rings (SSSR count). The molecule has 1 aromatic carbocycles. The van der Waals surface area contributed by atoms with E-state index in [1.54, 1.807) is 18.5 Å². The Bertz CT molecular complexity index is 844. The Kier molecular flexibility index (Phi) is 5.33. The lowest BCUT2D eigenvalue weighted by atomic mass is 9.95. The van der Waals surface area contributed by atoms with E-state index in [-0.39, 0.29) is 11.9 Å². The molecule has 0 unspecified atom stereocenters. The molecule has 136 valence electrons. The number of anilines is 1. The molecule has 7 heteroatoms. The van der Waals surface area contributed by atoms with Gasteiger partial charge in [-0.1, -0.05) is 6.92 Å². The number of likely N-dealkylation sites (N-methyl/N-ethyl adjacent to an activating group) is 1. The fourth-order valence-electron chi connectivity index (χ4n) is 3.60. The van der Waals surface area contributed by atoms with Crippen LogP contribution in [0.5, 0.6) is 0 Å². The number of nitrogens with zero attached hydrogens (tertiary/aromatic N) is 5. The second-order valence-corrected chi connectivity index (χ2v) is 7.25. The monoisotopic (exact) mass is 352 g/mol. The van der Waals surface area contributed by atoms with Gasteiger partial charge in [0.15, 0.2) is 0 Å². The van der Waals surface area contributed by atoms with Crippen LogP contribution in [0, 0.1) is 17.2 Å². The number of fused-ring (bicyclic) bond motifs is 1. The second kappa shape index (κ2) is 7.67. The van der Waals surface area contributed by atoms with E-state index < -0.39 is 0 Å². The molecule has 1 N–H and O–H groups in total. The van der Waals surface area contributed by atoms with E-state index in [1.807, 2.05) is 25.1 Å². The highest BCUT2D eigenvalue weighted by molar-refractivity contribution is 5.92. The number of rotatable bonds is 4. The van der Waals surface area contributed by atoms with E-state index in [9.17, 15) is 10.1 Å². The lowest BCUT2D eigenvalue weighted by Gasteiger charge is -2.38. The predicted octanol–water partition coefficient (Wildman–Crippen LogP) is 1.39. The zero-order valence-electron chi connectivity index (χ0n) is 15.4. The first-order chi connectivity index (χ1) is 12.5. The van der Waals surface area contributed by atoms with Gasteiger partial charge in [0.2, 0.25) is 5.91 Å². The fraction of sp³-hybridized carbons (Fsp3) is 0.474. The Balaban J connectivity index is 1.86. The van der Waals surface area contributed by atoms with E-state index in [0.717, 1.165) is 30.7 Å². The highest BCUT2D eigenvalue weighted by Gasteiger charge is 2.27. The number of nitriles is 1. The number of amides is 1. The Hall–Kier alpha value is -2.72. The van der Waals surface area contributed by atoms with Crippen molar-refractivity contribution in [1.29, 1.82) is 5.26 Å². The van der Waals surface area contributed by atoms with E-state index in [0.29, 0.717) is 23.5 Å². The molecule has 0 saturated carbocycles. The SMILES string of the molecule is C[C@H]1C[C@@H](NC(=O)CN(C)C)CN(c2ccc(C#N)c3nccnc23)C1. The number of benzene rings is 1. The van der Waals surface area contributed by atoms with E-state index in [2.05, 4.69) is 33.2 Å². The van der Waals surface area contributed by atoms with Crippen molar-refractivity contribution in [2.24, 2.45) is 5.92 Å². The molecule has 0 spiro atoms. The zero-order chi connectivity index (χ0) is 18.7. The zero-order valence-corrected chi connectivity index (χ0v) is 15.4. The quantitative estimate of drug-likeness (QED) is 0.895. The molecule has 1 aliphatic rings. The molecule has 1 aromatic heterocycles. The Morgan fingerprint density at radius 3 is 2.73 bits per heavy atom. The minimum Gasteiger partial charge on any atom is -0.367 e. The molecular formula is C19H24N6O. The average Bonchev–Trinajstić information content (AvgIpc) is 2.59. The number of carbonyl (C=O) groups is 1. The van der Waals surface area contributed by atoms with Gasteiger partial charge >= 0.3 is 0 Å². The van der Waals surface area contributed by atoms with E-state index in [4.69, 9.17) is 0 Å². The van der Waals surface area contributed by atoms with Crippen LogP contribution in [-0.4, -0.2) is 60.5 Å². The summed E-state index contributed by atoms with van der Waals surface area (Å²) < 4.78 is 0. The summed E-state index contributed by atoms with van der Waals surface area (Å²) in [7, 11) is 3.77. The van der Waals surface area contributed by atoms with E-state index >= 15 is 0 Å². The van der Waals surface area contributed by atoms with Gasteiger partial charge in [0.1, 0.15) is 17.1 Å². The topological polar surface area (TPSA) is 85.2 Å². The summed E-state index contributed by atoms with van der Waals surface area (Å²) >= 11 is 0. The predicted molar refractivity (Wildman–Crippen MR) is 101 cm³/mol. The average molecular weight is 352 g/mol. The summed E-state index contributed by atoms with van der Waals surface area (Å²) in [6, 6.07) is 6.00. The van der Waals surface area contributed by atoms with Crippen molar-refractivity contribution in [1.82, 2.24) is 20.2 Å². The molecule has 1 fully saturated rings. The van der Waals surface area contributed by atoms with Crippen LogP contribution >= 0.6 is 0 Å². The van der Waals surface area contributed by atoms with Crippen LogP contribution in [0.15, 0.2) is 24.5 Å². The molecule has 26 heavy (non-hydrogen) atoms. The summed E-state index contributed by atoms with van der Waals surface area (Å²) in [5.41, 5.74) is 2.85. The van der Waals surface area contributed by atoms with Gasteiger partial charge in [-0.3, -0.25) is 14.8 Å². The molecule has 1 saturated heterocycles. The van der Waals surface area contributed by atoms with Gasteiger partial charge in [-0.2, -0.15) is 5.26 Å². The van der Waals surface area contributed by atoms with Crippen molar-refractivity contribution in [3.63, 3.8) is 0 Å². The van der Waals surface area contributed by atoms with Crippen molar-refractivity contribution in [2.45, 2.75) is 19.4 Å². The molecule has 7 nitrogen and oxygen atoms in total. The summed E-state index contributed by atoms with van der Waals surface area (Å²) in [4.78, 5) is 25.1. The Labute approximate surface area is 153 Å². The molecule has 1 aliphatic heterocycles. The third kappa shape index (κ3) is 3.92. The van der Waals surface area contributed by atoms with Crippen molar-refractivity contribution in [2.75, 3.05) is 38.6 Å². The maximum absolute atomic E-state index is 12.1. The van der Waals surface area contributed by atoms with Crippen molar-refractivity contribution >= 4 is 22.6 Å². The van der Waals surface area contributed by atoms with Crippen molar-refractivity contribution in [3.8, 4) is 6.07 Å². The minimum absolute atomic E-state index is 0.0403. The Morgan fingerprint density at radius 1 is 1.31 bits per heavy atom. The first-order valence-electron chi connectivity index (χ1n) is 8.80. The van der Waals surface area contributed by atoms with Gasteiger partial charge in [0, 0.05) is 31.5 Å². The number of carbonyl (C=O) groups excluding carboxylic acids is 1. The van der Waals surface area contributed by atoms with E-state index in [1.165, 1.54) is 0 Å². The van der Waals surface area contributed by atoms with Crippen molar-refractivity contribution < 1.29 is 4.79 Å². The fourth-order valence-corrected chi connectivity index (χ4v) is 3.60. The van der Waals surface area contributed by atoms with Gasteiger partial charge in [-0.15, -0.1) is 0 Å². The highest BCUT2D eigenvalue weighted by atomic mass is 16.2. The van der Waals surface area contributed by atoms with Crippen LogP contribution < -0.4 is 10.2 Å². The number of aromatic nitrogens is 2. The summed E-state index contributed by atoms with van der Waals surface area (Å²) in [6.07, 6.45) is 4.21. The van der Waals surface area contributed by atoms with Crippen LogP contribution in [0.2, 0.25) is 0 Å². The first-order valence-corrected chi connectivity index (χ1v) is 8.80. The van der Waals surface area contributed by atoms with Gasteiger partial charge in [0.05, 0.1) is 17.8 Å². The molecule has 2 aromatic rings. The maximum Gasteiger partial charge on any atom is 0.234 e. The number of piperidine rings is 1. The lowest BCUT2D eigenvalue weighted by molar-refractivity contribution is -0.122. The molecule has 0 radical (unpaired) electrons. The molecule has 1 amide bonds. The number of nitrogens with one attached hydrogen (secondary N) is 1. The molecule has 0 aliphatic carbocycles. The maximum atomic E-state index is 12.1. The summed E-state index contributed by atoms with van der Waals surface area (Å²) in [5.74, 6) is 0.481. The molecule has 2 heterocycles. The molecule has 0 bridgehead atoms. The van der Waals surface area contributed by atoms with Crippen LogP contribution in [0.1, 0.15) is 18.9 Å². The standard InChI is InChI=1S/C19H24N6O/c1-13-8-15(23-17(26)12-24(2)3)11-25(10-13)16-5-4-14(9-20)18-19(16)22-7-6-21-18/h4-7,13,15H,8,10-12H2,1-3H3,(H,23,26)/t13-,15+/m0/s1. The van der Waals surface area contributed by atoms with Gasteiger partial charge in [-0.25, -0.2) is 0 Å². The third-order valence-electron chi connectivity index (χ3n) is 4.55. The summed E-state index contributed by atoms with van der Waals surface area (Å²) in [6.45, 7) is 4.18. The number of hydrogen-bond donors (Lipinski definition) is 1. The first kappa shape index (κ1) is 18.1. The van der Waals surface area contributed by atoms with Crippen LogP contribution in [0.25, 0.3) is 11.0 Å². The lowest BCUT2D eigenvalue weighted by Crippen LogP contribution is -2.52. The highest BCUT2D eigenvalue weighted by Crippen LogP contribution is 2.30. The van der Waals surface area contributed by atoms with Crippen molar-refractivity contribution in [3.05, 3.63) is 30.1 Å².